The average Bonchev–Trinajstić information content (AvgIpc) is 2.45. The summed E-state index contributed by atoms with van der Waals surface area (Å²) in [5.41, 5.74) is 0. The molecule has 0 aliphatic carbocycles. The quantitative estimate of drug-likeness (QED) is 0.198. The lowest BCUT2D eigenvalue weighted by atomic mass is 10.1. The number of carbonyl (C=O) groups excluding carboxylic acids is 1. The second-order valence-corrected chi connectivity index (χ2v) is 11.2. The predicted molar refractivity (Wildman–Crippen MR) is 116 cm³/mol. The van der Waals surface area contributed by atoms with Crippen LogP contribution in [-0.2, 0) is 13.6 Å². The number of hydrogen-bond donors (Lipinski definition) is 1. The fraction of sp³-hybridized carbons (Fsp3) is 0.950. The molecule has 0 aliphatic rings. The van der Waals surface area contributed by atoms with E-state index in [-0.39, 0.29) is 17.3 Å². The van der Waals surface area contributed by atoms with Gasteiger partial charge in [-0.3, -0.25) is 4.79 Å². The van der Waals surface area contributed by atoms with Crippen LogP contribution in [0.25, 0.3) is 0 Å². The van der Waals surface area contributed by atoms with E-state index in [0.29, 0.717) is 6.42 Å². The SMILES string of the molecule is CCCCCCCC(=O)S.CCCCC[Si](C)(OC(C)C)OC(C)C. The lowest BCUT2D eigenvalue weighted by Gasteiger charge is -2.31. The van der Waals surface area contributed by atoms with Gasteiger partial charge in [0, 0.05) is 18.6 Å². The highest BCUT2D eigenvalue weighted by atomic mass is 32.1. The highest BCUT2D eigenvalue weighted by molar-refractivity contribution is 7.96. The van der Waals surface area contributed by atoms with Crippen molar-refractivity contribution in [3.63, 3.8) is 0 Å². The zero-order valence-electron chi connectivity index (χ0n) is 17.9. The first kappa shape index (κ1) is 27.4. The van der Waals surface area contributed by atoms with E-state index >= 15 is 0 Å². The smallest absolute Gasteiger partial charge is 0.335 e. The maximum Gasteiger partial charge on any atom is 0.335 e. The van der Waals surface area contributed by atoms with Crippen molar-refractivity contribution in [2.24, 2.45) is 0 Å². The van der Waals surface area contributed by atoms with E-state index in [0.717, 1.165) is 12.5 Å². The molecule has 0 bridgehead atoms. The molecule has 152 valence electrons. The molecule has 0 unspecified atom stereocenters. The van der Waals surface area contributed by atoms with E-state index in [2.05, 4.69) is 60.7 Å². The molecular weight excluding hydrogens is 348 g/mol. The number of hydrogen-bond acceptors (Lipinski definition) is 3. The van der Waals surface area contributed by atoms with Crippen LogP contribution in [0.5, 0.6) is 0 Å². The molecule has 3 nitrogen and oxygen atoms in total. The lowest BCUT2D eigenvalue weighted by Crippen LogP contribution is -2.42. The largest absolute Gasteiger partial charge is 0.392 e. The molecule has 0 spiro atoms. The number of thiol groups is 1. The molecular formula is C20H44O3SSi. The molecule has 0 aliphatic heterocycles. The third kappa shape index (κ3) is 22.1. The molecule has 0 saturated carbocycles. The van der Waals surface area contributed by atoms with Crippen molar-refractivity contribution in [2.75, 3.05) is 0 Å². The van der Waals surface area contributed by atoms with Gasteiger partial charge in [0.1, 0.15) is 0 Å². The minimum Gasteiger partial charge on any atom is -0.392 e. The van der Waals surface area contributed by atoms with E-state index in [4.69, 9.17) is 8.85 Å². The highest BCUT2D eigenvalue weighted by Gasteiger charge is 2.33. The maximum absolute atomic E-state index is 10.3. The molecule has 5 heteroatoms. The van der Waals surface area contributed by atoms with E-state index < -0.39 is 8.56 Å². The second kappa shape index (κ2) is 17.6. The summed E-state index contributed by atoms with van der Waals surface area (Å²) in [6, 6.07) is 1.12. The minimum atomic E-state index is -1.91. The predicted octanol–water partition coefficient (Wildman–Crippen LogP) is 6.90. The van der Waals surface area contributed by atoms with Crippen molar-refractivity contribution < 1.29 is 13.6 Å². The van der Waals surface area contributed by atoms with Crippen molar-refractivity contribution in [3.8, 4) is 0 Å². The normalized spacial score (nSPS) is 11.6. The third-order valence-corrected chi connectivity index (χ3v) is 7.12. The van der Waals surface area contributed by atoms with Gasteiger partial charge >= 0.3 is 8.56 Å². The Labute approximate surface area is 164 Å². The summed E-state index contributed by atoms with van der Waals surface area (Å²) in [7, 11) is -1.91. The fourth-order valence-corrected chi connectivity index (χ4v) is 6.05. The molecule has 0 aromatic heterocycles. The Morgan fingerprint density at radius 1 is 0.840 bits per heavy atom. The molecule has 0 heterocycles. The van der Waals surface area contributed by atoms with Crippen LogP contribution >= 0.6 is 12.6 Å². The Kier molecular flexibility index (Phi) is 19.2. The van der Waals surface area contributed by atoms with Crippen molar-refractivity contribution in [2.45, 2.75) is 124 Å². The molecule has 0 aromatic carbocycles. The summed E-state index contributed by atoms with van der Waals surface area (Å²) in [6.45, 7) is 15.0. The van der Waals surface area contributed by atoms with Crippen LogP contribution in [0.1, 0.15) is 99.3 Å². The standard InChI is InChI=1S/C12H28O2Si.C8H16OS/c1-7-8-9-10-15(6,13-11(2)3)14-12(4)5;1-2-3-4-5-6-7-8(9)10/h11-12H,7-10H2,1-6H3;2-7H2,1H3,(H,9,10). The molecule has 0 atom stereocenters. The molecule has 0 rings (SSSR count). The second-order valence-electron chi connectivity index (χ2n) is 7.48. The van der Waals surface area contributed by atoms with Crippen molar-refractivity contribution >= 4 is 26.3 Å². The minimum absolute atomic E-state index is 0.0245. The van der Waals surface area contributed by atoms with Crippen LogP contribution in [0.3, 0.4) is 0 Å². The Hall–Kier alpha value is 0.157. The van der Waals surface area contributed by atoms with Gasteiger partial charge < -0.3 is 8.85 Å². The van der Waals surface area contributed by atoms with Gasteiger partial charge in [0.25, 0.3) is 0 Å². The maximum atomic E-state index is 10.3. The van der Waals surface area contributed by atoms with Gasteiger partial charge in [0.15, 0.2) is 5.12 Å². The van der Waals surface area contributed by atoms with Crippen LogP contribution < -0.4 is 0 Å². The average molecular weight is 393 g/mol. The van der Waals surface area contributed by atoms with Crippen molar-refractivity contribution in [1.82, 2.24) is 0 Å². The molecule has 0 fully saturated rings. The molecule has 0 N–H and O–H groups in total. The third-order valence-electron chi connectivity index (χ3n) is 3.70. The van der Waals surface area contributed by atoms with Crippen LogP contribution in [0.4, 0.5) is 0 Å². The Morgan fingerprint density at radius 2 is 1.28 bits per heavy atom. The van der Waals surface area contributed by atoms with Gasteiger partial charge in [-0.15, -0.1) is 12.6 Å². The summed E-state index contributed by atoms with van der Waals surface area (Å²) in [4.78, 5) is 10.3. The Balaban J connectivity index is 0. The van der Waals surface area contributed by atoms with Crippen molar-refractivity contribution in [1.29, 1.82) is 0 Å². The van der Waals surface area contributed by atoms with Crippen LogP contribution in [-0.4, -0.2) is 25.9 Å². The fourth-order valence-electron chi connectivity index (χ4n) is 2.72. The first-order valence-corrected chi connectivity index (χ1v) is 13.2. The summed E-state index contributed by atoms with van der Waals surface area (Å²) in [6.07, 6.45) is 11.0. The number of carbonyl (C=O) groups is 1. The van der Waals surface area contributed by atoms with Crippen LogP contribution in [0.2, 0.25) is 12.6 Å². The Bertz CT molecular complexity index is 299. The van der Waals surface area contributed by atoms with E-state index in [1.807, 2.05) is 0 Å². The summed E-state index contributed by atoms with van der Waals surface area (Å²) < 4.78 is 12.0. The van der Waals surface area contributed by atoms with Gasteiger partial charge in [-0.05, 0) is 46.7 Å². The Morgan fingerprint density at radius 3 is 1.68 bits per heavy atom. The summed E-state index contributed by atoms with van der Waals surface area (Å²) in [5.74, 6) is 0. The van der Waals surface area contributed by atoms with E-state index in [1.54, 1.807) is 0 Å². The van der Waals surface area contributed by atoms with Crippen LogP contribution in [0, 0.1) is 0 Å². The van der Waals surface area contributed by atoms with Crippen molar-refractivity contribution in [3.05, 3.63) is 0 Å². The topological polar surface area (TPSA) is 35.5 Å². The summed E-state index contributed by atoms with van der Waals surface area (Å²) in [5, 5.41) is 0.0245. The molecule has 0 saturated heterocycles. The van der Waals surface area contributed by atoms with Gasteiger partial charge in [-0.25, -0.2) is 0 Å². The molecule has 25 heavy (non-hydrogen) atoms. The van der Waals surface area contributed by atoms with Crippen LogP contribution in [0.15, 0.2) is 0 Å². The first-order valence-electron chi connectivity index (χ1n) is 10.2. The van der Waals surface area contributed by atoms with Gasteiger partial charge in [0.05, 0.1) is 0 Å². The van der Waals surface area contributed by atoms with Gasteiger partial charge in [-0.1, -0.05) is 58.8 Å². The zero-order valence-corrected chi connectivity index (χ0v) is 19.8. The first-order chi connectivity index (χ1) is 11.7. The molecule has 0 amide bonds. The number of unbranched alkanes of at least 4 members (excludes halogenated alkanes) is 6. The van der Waals surface area contributed by atoms with Gasteiger partial charge in [0.2, 0.25) is 0 Å². The molecule has 0 radical (unpaired) electrons. The lowest BCUT2D eigenvalue weighted by molar-refractivity contribution is -0.110. The summed E-state index contributed by atoms with van der Waals surface area (Å²) >= 11 is 3.68. The monoisotopic (exact) mass is 392 g/mol. The zero-order chi connectivity index (χ0) is 19.7. The van der Waals surface area contributed by atoms with E-state index in [1.165, 1.54) is 44.9 Å². The number of rotatable bonds is 14. The molecule has 0 aromatic rings. The highest BCUT2D eigenvalue weighted by Crippen LogP contribution is 2.21. The van der Waals surface area contributed by atoms with E-state index in [9.17, 15) is 4.79 Å². The van der Waals surface area contributed by atoms with Gasteiger partial charge in [-0.2, -0.15) is 0 Å².